The number of urea groups is 1. The van der Waals surface area contributed by atoms with Gasteiger partial charge in [-0.25, -0.2) is 4.79 Å². The van der Waals surface area contributed by atoms with Crippen LogP contribution in [0.25, 0.3) is 0 Å². The van der Waals surface area contributed by atoms with Crippen molar-refractivity contribution >= 4 is 12.0 Å². The zero-order valence-corrected chi connectivity index (χ0v) is 13.9. The monoisotopic (exact) mass is 314 g/mol. The Morgan fingerprint density at radius 3 is 2.55 bits per heavy atom. The summed E-state index contributed by atoms with van der Waals surface area (Å²) in [6.07, 6.45) is 6.71. The van der Waals surface area contributed by atoms with E-state index in [-0.39, 0.29) is 24.5 Å². The summed E-state index contributed by atoms with van der Waals surface area (Å²) in [7, 11) is 1.36. The maximum Gasteiger partial charge on any atom is 0.317 e. The van der Waals surface area contributed by atoms with E-state index in [4.69, 9.17) is 4.74 Å². The predicted molar refractivity (Wildman–Crippen MR) is 84.7 cm³/mol. The third-order valence-electron chi connectivity index (χ3n) is 3.95. The highest BCUT2D eigenvalue weighted by atomic mass is 16.5. The van der Waals surface area contributed by atoms with Crippen LogP contribution in [0.3, 0.4) is 0 Å². The number of ether oxygens (including phenoxy) is 2. The fraction of sp³-hybridized carbons (Fsp3) is 0.875. The zero-order chi connectivity index (χ0) is 16.2. The lowest BCUT2D eigenvalue weighted by Crippen LogP contribution is -2.46. The quantitative estimate of drug-likeness (QED) is 0.524. The minimum atomic E-state index is -0.291. The lowest BCUT2D eigenvalue weighted by molar-refractivity contribution is -0.140. The first kappa shape index (κ1) is 18.7. The summed E-state index contributed by atoms with van der Waals surface area (Å²) >= 11 is 0. The van der Waals surface area contributed by atoms with E-state index in [1.807, 2.05) is 6.92 Å². The van der Waals surface area contributed by atoms with Gasteiger partial charge in [-0.2, -0.15) is 0 Å². The lowest BCUT2D eigenvalue weighted by Gasteiger charge is -2.28. The highest BCUT2D eigenvalue weighted by molar-refractivity contribution is 5.76. The van der Waals surface area contributed by atoms with Gasteiger partial charge >= 0.3 is 12.0 Å². The highest BCUT2D eigenvalue weighted by Gasteiger charge is 2.20. The van der Waals surface area contributed by atoms with Crippen molar-refractivity contribution in [3.63, 3.8) is 0 Å². The molecule has 0 aliphatic heterocycles. The molecule has 1 saturated carbocycles. The Kier molecular flexibility index (Phi) is 9.62. The second-order valence-corrected chi connectivity index (χ2v) is 5.65. The van der Waals surface area contributed by atoms with Gasteiger partial charge in [0.15, 0.2) is 0 Å². The first-order valence-electron chi connectivity index (χ1n) is 8.37. The van der Waals surface area contributed by atoms with E-state index in [0.717, 1.165) is 19.3 Å². The molecular formula is C16H30N2O4. The summed E-state index contributed by atoms with van der Waals surface area (Å²) in [5.74, 6) is -0.291. The van der Waals surface area contributed by atoms with Crippen LogP contribution in [0.4, 0.5) is 4.79 Å². The maximum absolute atomic E-state index is 12.4. The van der Waals surface area contributed by atoms with E-state index in [9.17, 15) is 9.59 Å². The topological polar surface area (TPSA) is 67.9 Å². The van der Waals surface area contributed by atoms with Crippen molar-refractivity contribution in [2.45, 2.75) is 57.9 Å². The van der Waals surface area contributed by atoms with Crippen molar-refractivity contribution in [2.24, 2.45) is 0 Å². The number of hydrogen-bond donors (Lipinski definition) is 1. The van der Waals surface area contributed by atoms with Crippen LogP contribution >= 0.6 is 0 Å². The zero-order valence-electron chi connectivity index (χ0n) is 13.9. The molecule has 1 rings (SSSR count). The first-order chi connectivity index (χ1) is 10.7. The lowest BCUT2D eigenvalue weighted by atomic mass is 9.96. The van der Waals surface area contributed by atoms with Crippen LogP contribution in [0.1, 0.15) is 51.9 Å². The number of nitrogens with one attached hydrogen (secondary N) is 1. The minimum absolute atomic E-state index is 0.0766. The number of carbonyl (C=O) groups excluding carboxylic acids is 2. The van der Waals surface area contributed by atoms with Gasteiger partial charge < -0.3 is 19.7 Å². The Bertz CT molecular complexity index is 330. The second kappa shape index (κ2) is 11.3. The molecule has 0 unspecified atom stereocenters. The Hall–Kier alpha value is -1.30. The van der Waals surface area contributed by atoms with Crippen LogP contribution in [0.15, 0.2) is 0 Å². The SMILES string of the molecule is CCOCCCN(CCC(=O)OC)C(=O)NC1CCCCC1. The summed E-state index contributed by atoms with van der Waals surface area (Å²) in [5.41, 5.74) is 0. The van der Waals surface area contributed by atoms with E-state index < -0.39 is 0 Å². The molecular weight excluding hydrogens is 284 g/mol. The molecule has 128 valence electrons. The Morgan fingerprint density at radius 1 is 1.18 bits per heavy atom. The average molecular weight is 314 g/mol. The molecule has 1 aliphatic carbocycles. The van der Waals surface area contributed by atoms with Crippen molar-refractivity contribution in [2.75, 3.05) is 33.4 Å². The number of hydrogen-bond acceptors (Lipinski definition) is 4. The molecule has 0 radical (unpaired) electrons. The van der Waals surface area contributed by atoms with Gasteiger partial charge in [-0.05, 0) is 26.2 Å². The molecule has 1 N–H and O–H groups in total. The van der Waals surface area contributed by atoms with Crippen molar-refractivity contribution in [3.05, 3.63) is 0 Å². The molecule has 0 aromatic heterocycles. The highest BCUT2D eigenvalue weighted by Crippen LogP contribution is 2.17. The summed E-state index contributed by atoms with van der Waals surface area (Å²) in [5, 5.41) is 3.10. The van der Waals surface area contributed by atoms with Crippen LogP contribution in [0, 0.1) is 0 Å². The largest absolute Gasteiger partial charge is 0.469 e. The third kappa shape index (κ3) is 7.64. The number of carbonyl (C=O) groups is 2. The van der Waals surface area contributed by atoms with Crippen LogP contribution in [0.2, 0.25) is 0 Å². The number of amides is 2. The fourth-order valence-electron chi connectivity index (χ4n) is 2.66. The van der Waals surface area contributed by atoms with Gasteiger partial charge in [0.25, 0.3) is 0 Å². The second-order valence-electron chi connectivity index (χ2n) is 5.65. The molecule has 0 bridgehead atoms. The van der Waals surface area contributed by atoms with E-state index in [0.29, 0.717) is 26.3 Å². The normalized spacial score (nSPS) is 15.4. The Balaban J connectivity index is 2.42. The molecule has 2 amide bonds. The smallest absolute Gasteiger partial charge is 0.317 e. The standard InChI is InChI=1S/C16H30N2O4/c1-3-22-13-7-11-18(12-10-15(19)21-2)16(20)17-14-8-5-4-6-9-14/h14H,3-13H2,1-2H3,(H,17,20). The summed E-state index contributed by atoms with van der Waals surface area (Å²) in [4.78, 5) is 25.4. The van der Waals surface area contributed by atoms with E-state index in [1.165, 1.54) is 26.4 Å². The third-order valence-corrected chi connectivity index (χ3v) is 3.95. The van der Waals surface area contributed by atoms with Crippen LogP contribution in [0.5, 0.6) is 0 Å². The van der Waals surface area contributed by atoms with Gasteiger partial charge in [0, 0.05) is 32.3 Å². The van der Waals surface area contributed by atoms with Gasteiger partial charge in [0.2, 0.25) is 0 Å². The molecule has 1 aliphatic rings. The van der Waals surface area contributed by atoms with Gasteiger partial charge in [-0.15, -0.1) is 0 Å². The number of methoxy groups -OCH3 is 1. The number of esters is 1. The van der Waals surface area contributed by atoms with E-state index in [2.05, 4.69) is 10.1 Å². The van der Waals surface area contributed by atoms with Crippen LogP contribution < -0.4 is 5.32 Å². The molecule has 22 heavy (non-hydrogen) atoms. The van der Waals surface area contributed by atoms with Crippen molar-refractivity contribution in [1.82, 2.24) is 10.2 Å². The van der Waals surface area contributed by atoms with Crippen molar-refractivity contribution < 1.29 is 19.1 Å². The molecule has 0 aromatic rings. The molecule has 6 nitrogen and oxygen atoms in total. The van der Waals surface area contributed by atoms with E-state index >= 15 is 0 Å². The summed E-state index contributed by atoms with van der Waals surface area (Å²) in [6.45, 7) is 4.23. The molecule has 0 atom stereocenters. The van der Waals surface area contributed by atoms with Gasteiger partial charge in [-0.1, -0.05) is 19.3 Å². The molecule has 0 aromatic carbocycles. The average Bonchev–Trinajstić information content (AvgIpc) is 2.54. The van der Waals surface area contributed by atoms with Gasteiger partial charge in [-0.3, -0.25) is 4.79 Å². The van der Waals surface area contributed by atoms with Gasteiger partial charge in [0.1, 0.15) is 0 Å². The molecule has 0 heterocycles. The van der Waals surface area contributed by atoms with Crippen LogP contribution in [-0.4, -0.2) is 56.4 Å². The van der Waals surface area contributed by atoms with Gasteiger partial charge in [0.05, 0.1) is 13.5 Å². The molecule has 6 heteroatoms. The molecule has 0 saturated heterocycles. The number of nitrogens with zero attached hydrogens (tertiary/aromatic N) is 1. The van der Waals surface area contributed by atoms with Crippen LogP contribution in [-0.2, 0) is 14.3 Å². The summed E-state index contributed by atoms with van der Waals surface area (Å²) < 4.78 is 9.96. The van der Waals surface area contributed by atoms with Crippen molar-refractivity contribution in [3.8, 4) is 0 Å². The maximum atomic E-state index is 12.4. The molecule has 0 spiro atoms. The van der Waals surface area contributed by atoms with Crippen molar-refractivity contribution in [1.29, 1.82) is 0 Å². The Labute approximate surface area is 133 Å². The Morgan fingerprint density at radius 2 is 1.91 bits per heavy atom. The number of rotatable bonds is 9. The fourth-order valence-corrected chi connectivity index (χ4v) is 2.66. The minimum Gasteiger partial charge on any atom is -0.469 e. The van der Waals surface area contributed by atoms with E-state index in [1.54, 1.807) is 4.90 Å². The first-order valence-corrected chi connectivity index (χ1v) is 8.37. The predicted octanol–water partition coefficient (Wildman–Crippen LogP) is 2.32. The summed E-state index contributed by atoms with van der Waals surface area (Å²) in [6, 6.07) is 0.195. The molecule has 1 fully saturated rings.